The number of amides is 1. The number of aromatic nitrogens is 2. The first-order valence-electron chi connectivity index (χ1n) is 12.1. The van der Waals surface area contributed by atoms with Crippen molar-refractivity contribution in [2.24, 2.45) is 0 Å². The second-order valence-electron chi connectivity index (χ2n) is 8.91. The second-order valence-corrected chi connectivity index (χ2v) is 8.91. The second kappa shape index (κ2) is 10.1. The number of anilines is 1. The third-order valence-electron chi connectivity index (χ3n) is 6.28. The van der Waals surface area contributed by atoms with E-state index in [2.05, 4.69) is 10.4 Å². The number of benzene rings is 3. The highest BCUT2D eigenvalue weighted by molar-refractivity contribution is 5.85. The zero-order chi connectivity index (χ0) is 25.9. The van der Waals surface area contributed by atoms with Crippen LogP contribution in [0.5, 0.6) is 0 Å². The lowest BCUT2D eigenvalue weighted by Gasteiger charge is -2.13. The zero-order valence-electron chi connectivity index (χ0n) is 20.9. The number of nitrogens with zero attached hydrogens (tertiary/aromatic N) is 2. The van der Waals surface area contributed by atoms with Crippen LogP contribution in [0.2, 0.25) is 0 Å². The number of para-hydroxylation sites is 1. The summed E-state index contributed by atoms with van der Waals surface area (Å²) < 4.78 is 13.3. The van der Waals surface area contributed by atoms with Crippen molar-refractivity contribution in [3.8, 4) is 16.8 Å². The Bertz CT molecular complexity index is 1650. The fourth-order valence-corrected chi connectivity index (χ4v) is 4.43. The van der Waals surface area contributed by atoms with E-state index >= 15 is 0 Å². The van der Waals surface area contributed by atoms with E-state index in [1.165, 1.54) is 0 Å². The Morgan fingerprint density at radius 3 is 2.59 bits per heavy atom. The number of rotatable bonds is 6. The summed E-state index contributed by atoms with van der Waals surface area (Å²) in [5, 5.41) is 7.66. The number of hydrogen-bond acceptors (Lipinski definition) is 5. The Morgan fingerprint density at radius 1 is 1.03 bits per heavy atom. The van der Waals surface area contributed by atoms with Gasteiger partial charge < -0.3 is 9.15 Å². The fraction of sp³-hybridized carbons (Fsp3) is 0.167. The van der Waals surface area contributed by atoms with Crippen LogP contribution in [0.1, 0.15) is 29.4 Å². The molecule has 7 heteroatoms. The highest BCUT2D eigenvalue weighted by Crippen LogP contribution is 2.27. The molecule has 1 amide bonds. The Balaban J connectivity index is 1.43. The van der Waals surface area contributed by atoms with Crippen molar-refractivity contribution in [1.29, 1.82) is 0 Å². The highest BCUT2D eigenvalue weighted by Gasteiger charge is 2.18. The van der Waals surface area contributed by atoms with E-state index in [0.29, 0.717) is 40.0 Å². The minimum Gasteiger partial charge on any atom is -0.460 e. The quantitative estimate of drug-likeness (QED) is 0.289. The van der Waals surface area contributed by atoms with Gasteiger partial charge in [0.05, 0.1) is 22.8 Å². The third kappa shape index (κ3) is 5.02. The van der Waals surface area contributed by atoms with Crippen LogP contribution in [0.25, 0.3) is 27.8 Å². The van der Waals surface area contributed by atoms with Gasteiger partial charge in [-0.05, 0) is 73.4 Å². The van der Waals surface area contributed by atoms with Crippen molar-refractivity contribution in [3.05, 3.63) is 112 Å². The van der Waals surface area contributed by atoms with Crippen LogP contribution in [0.15, 0.2) is 88.3 Å². The van der Waals surface area contributed by atoms with Crippen LogP contribution in [-0.4, -0.2) is 15.9 Å². The van der Waals surface area contributed by atoms with Gasteiger partial charge in [-0.3, -0.25) is 10.1 Å². The maximum atomic E-state index is 13.6. The predicted octanol–water partition coefficient (Wildman–Crippen LogP) is 6.57. The van der Waals surface area contributed by atoms with Crippen LogP contribution in [0.4, 0.5) is 10.5 Å². The minimum atomic E-state index is -0.545. The molecule has 0 aliphatic rings. The number of hydrogen-bond donors (Lipinski definition) is 1. The molecule has 37 heavy (non-hydrogen) atoms. The van der Waals surface area contributed by atoms with E-state index < -0.39 is 6.09 Å². The van der Waals surface area contributed by atoms with Gasteiger partial charge in [0.15, 0.2) is 0 Å². The molecule has 0 fully saturated rings. The van der Waals surface area contributed by atoms with Gasteiger partial charge in [0, 0.05) is 17.4 Å². The van der Waals surface area contributed by atoms with E-state index in [1.54, 1.807) is 29.9 Å². The molecule has 0 bridgehead atoms. The molecule has 0 spiro atoms. The first-order chi connectivity index (χ1) is 17.9. The summed E-state index contributed by atoms with van der Waals surface area (Å²) >= 11 is 0. The Hall–Kier alpha value is -4.65. The Kier molecular flexibility index (Phi) is 6.60. The van der Waals surface area contributed by atoms with Crippen molar-refractivity contribution in [2.45, 2.75) is 33.8 Å². The zero-order valence-corrected chi connectivity index (χ0v) is 20.9. The smallest absolute Gasteiger partial charge is 0.411 e. The largest absolute Gasteiger partial charge is 0.460 e. The molecule has 0 aliphatic heterocycles. The molecule has 0 saturated carbocycles. The van der Waals surface area contributed by atoms with Gasteiger partial charge in [0.2, 0.25) is 5.43 Å². The molecule has 0 unspecified atom stereocenters. The molecule has 0 saturated heterocycles. The van der Waals surface area contributed by atoms with Gasteiger partial charge in [0.1, 0.15) is 18.0 Å². The molecule has 1 N–H and O–H groups in total. The van der Waals surface area contributed by atoms with Crippen molar-refractivity contribution in [3.63, 3.8) is 0 Å². The number of carbonyl (C=O) groups excluding carboxylic acids is 1. The van der Waals surface area contributed by atoms with Crippen molar-refractivity contribution >= 4 is 22.7 Å². The SMILES string of the molecule is CCc1cc2c(=O)c(-c3cnn(-c4ccccc4)c3)c(C)oc2cc1COC(=O)Nc1cccc(C)c1. The lowest BCUT2D eigenvalue weighted by molar-refractivity contribution is 0.155. The molecule has 5 aromatic rings. The molecule has 0 aliphatic carbocycles. The molecular formula is C30H27N3O4. The molecule has 7 nitrogen and oxygen atoms in total. The predicted molar refractivity (Wildman–Crippen MR) is 144 cm³/mol. The average molecular weight is 494 g/mol. The van der Waals surface area contributed by atoms with Crippen LogP contribution in [-0.2, 0) is 17.8 Å². The van der Waals surface area contributed by atoms with Crippen molar-refractivity contribution in [1.82, 2.24) is 9.78 Å². The molecule has 0 atom stereocenters. The lowest BCUT2D eigenvalue weighted by atomic mass is 10.00. The number of aryl methyl sites for hydroxylation is 3. The Labute approximate surface area is 214 Å². The van der Waals surface area contributed by atoms with Crippen LogP contribution >= 0.6 is 0 Å². The van der Waals surface area contributed by atoms with Gasteiger partial charge in [0.25, 0.3) is 0 Å². The number of ether oxygens (including phenoxy) is 1. The fourth-order valence-electron chi connectivity index (χ4n) is 4.43. The number of fused-ring (bicyclic) bond motifs is 1. The summed E-state index contributed by atoms with van der Waals surface area (Å²) in [4.78, 5) is 25.9. The third-order valence-corrected chi connectivity index (χ3v) is 6.28. The van der Waals surface area contributed by atoms with Crippen LogP contribution < -0.4 is 10.7 Å². The van der Waals surface area contributed by atoms with E-state index in [4.69, 9.17) is 9.15 Å². The molecule has 3 aromatic carbocycles. The van der Waals surface area contributed by atoms with Crippen molar-refractivity contribution < 1.29 is 13.9 Å². The summed E-state index contributed by atoms with van der Waals surface area (Å²) in [7, 11) is 0. The first kappa shape index (κ1) is 24.1. The standard InChI is InChI=1S/C30H27N3O4/c1-4-21-14-26-27(15-22(21)18-36-30(35)32-24-10-8-9-19(2)13-24)37-20(3)28(29(26)34)23-16-31-33(17-23)25-11-6-5-7-12-25/h5-17H,4,18H2,1-3H3,(H,32,35). The topological polar surface area (TPSA) is 86.4 Å². The molecule has 2 aromatic heterocycles. The summed E-state index contributed by atoms with van der Waals surface area (Å²) in [5.74, 6) is 0.499. The summed E-state index contributed by atoms with van der Waals surface area (Å²) in [6.07, 6.45) is 3.63. The van der Waals surface area contributed by atoms with Gasteiger partial charge in [-0.25, -0.2) is 9.48 Å². The molecule has 2 heterocycles. The minimum absolute atomic E-state index is 0.0606. The molecule has 0 radical (unpaired) electrons. The van der Waals surface area contributed by atoms with Gasteiger partial charge in [-0.15, -0.1) is 0 Å². The van der Waals surface area contributed by atoms with Gasteiger partial charge in [-0.2, -0.15) is 5.10 Å². The maximum absolute atomic E-state index is 13.6. The van der Waals surface area contributed by atoms with Crippen molar-refractivity contribution in [2.75, 3.05) is 5.32 Å². The van der Waals surface area contributed by atoms with Gasteiger partial charge in [-0.1, -0.05) is 37.3 Å². The monoisotopic (exact) mass is 493 g/mol. The average Bonchev–Trinajstić information content (AvgIpc) is 3.37. The van der Waals surface area contributed by atoms with Crippen LogP contribution in [0.3, 0.4) is 0 Å². The number of nitrogens with one attached hydrogen (secondary N) is 1. The van der Waals surface area contributed by atoms with E-state index in [9.17, 15) is 9.59 Å². The first-order valence-corrected chi connectivity index (χ1v) is 12.1. The molecule has 5 rings (SSSR count). The highest BCUT2D eigenvalue weighted by atomic mass is 16.5. The van der Waals surface area contributed by atoms with Crippen LogP contribution in [0, 0.1) is 13.8 Å². The molecular weight excluding hydrogens is 466 g/mol. The van der Waals surface area contributed by atoms with E-state index in [1.807, 2.05) is 74.6 Å². The summed E-state index contributed by atoms with van der Waals surface area (Å²) in [5.41, 5.74) is 5.83. The summed E-state index contributed by atoms with van der Waals surface area (Å²) in [6.45, 7) is 5.79. The normalized spacial score (nSPS) is 11.0. The molecule has 186 valence electrons. The van der Waals surface area contributed by atoms with Gasteiger partial charge >= 0.3 is 6.09 Å². The Morgan fingerprint density at radius 2 is 1.84 bits per heavy atom. The van der Waals surface area contributed by atoms with E-state index in [0.717, 1.165) is 22.4 Å². The number of carbonyl (C=O) groups is 1. The van der Waals surface area contributed by atoms with E-state index in [-0.39, 0.29) is 12.0 Å². The lowest BCUT2D eigenvalue weighted by Crippen LogP contribution is -2.14. The summed E-state index contributed by atoms with van der Waals surface area (Å²) in [6, 6.07) is 20.8. The maximum Gasteiger partial charge on any atom is 0.411 e.